The second-order valence-electron chi connectivity index (χ2n) is 8.41. The van der Waals surface area contributed by atoms with Gasteiger partial charge < -0.3 is 10.6 Å². The standard InChI is InChI=1S/C23H21FN4O2/c24-19-3-1-2-17-16-7-4-12(9-18(16)22(29)28-21(17)19)8-15(11-25)27-23(30)20-13-5-6-14(10-13)26-20/h1-4,7,9,13-15,17,20,26H,5-6,8,10H2,(H,27,30)/t13-,14+,15?,17?,20-/m0/s1. The van der Waals surface area contributed by atoms with E-state index in [1.165, 1.54) is 6.08 Å². The van der Waals surface area contributed by atoms with Crippen LogP contribution in [0.25, 0.3) is 0 Å². The Hall–Kier alpha value is -3.11. The van der Waals surface area contributed by atoms with E-state index in [1.54, 1.807) is 18.2 Å². The summed E-state index contributed by atoms with van der Waals surface area (Å²) in [4.78, 5) is 29.0. The van der Waals surface area contributed by atoms with Crippen molar-refractivity contribution >= 4 is 17.5 Å². The van der Waals surface area contributed by atoms with Gasteiger partial charge in [-0.15, -0.1) is 0 Å². The molecule has 0 radical (unpaired) electrons. The zero-order valence-electron chi connectivity index (χ0n) is 16.3. The molecule has 0 aromatic heterocycles. The number of nitriles is 1. The number of nitrogens with zero attached hydrogens (tertiary/aromatic N) is 2. The van der Waals surface area contributed by atoms with Gasteiger partial charge in [0.25, 0.3) is 5.91 Å². The van der Waals surface area contributed by atoms with Gasteiger partial charge in [0.2, 0.25) is 5.91 Å². The van der Waals surface area contributed by atoms with E-state index in [9.17, 15) is 19.2 Å². The zero-order valence-corrected chi connectivity index (χ0v) is 16.3. The van der Waals surface area contributed by atoms with Crippen molar-refractivity contribution in [2.75, 3.05) is 0 Å². The van der Waals surface area contributed by atoms with Crippen molar-refractivity contribution in [3.8, 4) is 6.07 Å². The number of halogens is 1. The Morgan fingerprint density at radius 2 is 2.27 bits per heavy atom. The van der Waals surface area contributed by atoms with Crippen LogP contribution in [0.2, 0.25) is 0 Å². The highest BCUT2D eigenvalue weighted by Crippen LogP contribution is 2.36. The molecule has 2 fully saturated rings. The molecule has 7 heteroatoms. The molecule has 2 heterocycles. The van der Waals surface area contributed by atoms with E-state index < -0.39 is 17.8 Å². The topological polar surface area (TPSA) is 94.3 Å². The molecule has 2 unspecified atom stereocenters. The molecule has 4 aliphatic rings. The van der Waals surface area contributed by atoms with Crippen molar-refractivity contribution in [2.45, 2.75) is 49.7 Å². The van der Waals surface area contributed by atoms with Gasteiger partial charge in [-0.05, 0) is 48.4 Å². The molecular weight excluding hydrogens is 383 g/mol. The van der Waals surface area contributed by atoms with Crippen molar-refractivity contribution in [1.29, 1.82) is 5.26 Å². The van der Waals surface area contributed by atoms with Crippen LogP contribution in [0.4, 0.5) is 4.39 Å². The first kappa shape index (κ1) is 18.9. The molecule has 30 heavy (non-hydrogen) atoms. The third-order valence-corrected chi connectivity index (χ3v) is 6.55. The number of amides is 2. The number of rotatable bonds is 4. The van der Waals surface area contributed by atoms with Crippen LogP contribution in [0.5, 0.6) is 0 Å². The molecule has 1 aromatic carbocycles. The maximum absolute atomic E-state index is 14.0. The highest BCUT2D eigenvalue weighted by Gasteiger charge is 2.43. The van der Waals surface area contributed by atoms with Crippen LogP contribution < -0.4 is 10.6 Å². The molecule has 2 aliphatic carbocycles. The first-order valence-corrected chi connectivity index (χ1v) is 10.3. The van der Waals surface area contributed by atoms with Crippen LogP contribution in [0.3, 0.4) is 0 Å². The minimum Gasteiger partial charge on any atom is -0.339 e. The molecular formula is C23H21FN4O2. The number of allylic oxidation sites excluding steroid dienone is 4. The van der Waals surface area contributed by atoms with Crippen LogP contribution >= 0.6 is 0 Å². The summed E-state index contributed by atoms with van der Waals surface area (Å²) in [7, 11) is 0. The molecule has 6 nitrogen and oxygen atoms in total. The number of nitrogens with one attached hydrogen (secondary N) is 2. The van der Waals surface area contributed by atoms with Crippen LogP contribution in [-0.2, 0) is 11.2 Å². The Labute approximate surface area is 173 Å². The average molecular weight is 404 g/mol. The van der Waals surface area contributed by atoms with E-state index in [0.29, 0.717) is 23.1 Å². The van der Waals surface area contributed by atoms with E-state index in [-0.39, 0.29) is 30.0 Å². The molecule has 1 saturated heterocycles. The average Bonchev–Trinajstić information content (AvgIpc) is 3.38. The third kappa shape index (κ3) is 3.17. The fourth-order valence-corrected chi connectivity index (χ4v) is 5.08. The van der Waals surface area contributed by atoms with E-state index in [4.69, 9.17) is 0 Å². The number of benzene rings is 1. The van der Waals surface area contributed by atoms with Gasteiger partial charge in [0.1, 0.15) is 11.9 Å². The highest BCUT2D eigenvalue weighted by atomic mass is 19.1. The molecule has 5 rings (SSSR count). The van der Waals surface area contributed by atoms with E-state index >= 15 is 0 Å². The van der Waals surface area contributed by atoms with E-state index in [0.717, 1.165) is 24.8 Å². The first-order valence-electron chi connectivity index (χ1n) is 10.3. The summed E-state index contributed by atoms with van der Waals surface area (Å²) in [5.41, 5.74) is 2.02. The Morgan fingerprint density at radius 3 is 3.00 bits per heavy atom. The second kappa shape index (κ2) is 7.29. The molecule has 1 aromatic rings. The SMILES string of the molecule is N#CC(Cc1ccc2c(c1)C(=O)N=C1C(F)=CC=CC12)NC(=O)[C@H]1N[C@@H]2CC[C@H]1C2. The van der Waals surface area contributed by atoms with Crippen molar-refractivity contribution in [2.24, 2.45) is 10.9 Å². The lowest BCUT2D eigenvalue weighted by Gasteiger charge is -2.25. The van der Waals surface area contributed by atoms with Gasteiger partial charge in [0.15, 0.2) is 0 Å². The molecule has 2 amide bonds. The number of hydrogen-bond donors (Lipinski definition) is 2. The Bertz CT molecular complexity index is 1070. The summed E-state index contributed by atoms with van der Waals surface area (Å²) < 4.78 is 14.0. The number of aliphatic imine (C=N–C) groups is 1. The Kier molecular flexibility index (Phi) is 4.59. The number of piperidine rings is 1. The fraction of sp³-hybridized carbons (Fsp3) is 0.391. The summed E-state index contributed by atoms with van der Waals surface area (Å²) in [6, 6.07) is 6.97. The van der Waals surface area contributed by atoms with E-state index in [2.05, 4.69) is 21.7 Å². The Morgan fingerprint density at radius 1 is 1.40 bits per heavy atom. The predicted molar refractivity (Wildman–Crippen MR) is 109 cm³/mol. The lowest BCUT2D eigenvalue weighted by atomic mass is 9.83. The monoisotopic (exact) mass is 404 g/mol. The zero-order chi connectivity index (χ0) is 20.8. The molecule has 2 bridgehead atoms. The summed E-state index contributed by atoms with van der Waals surface area (Å²) in [5.74, 6) is -1.15. The Balaban J connectivity index is 1.32. The largest absolute Gasteiger partial charge is 0.339 e. The molecule has 2 N–H and O–H groups in total. The highest BCUT2D eigenvalue weighted by molar-refractivity contribution is 6.17. The van der Waals surface area contributed by atoms with Gasteiger partial charge in [-0.25, -0.2) is 9.38 Å². The maximum Gasteiger partial charge on any atom is 0.277 e. The quantitative estimate of drug-likeness (QED) is 0.806. The van der Waals surface area contributed by atoms with Crippen molar-refractivity contribution < 1.29 is 14.0 Å². The molecule has 5 atom stereocenters. The van der Waals surface area contributed by atoms with Gasteiger partial charge in [-0.2, -0.15) is 5.26 Å². The van der Waals surface area contributed by atoms with Crippen LogP contribution in [0.15, 0.2) is 47.2 Å². The lowest BCUT2D eigenvalue weighted by molar-refractivity contribution is -0.124. The third-order valence-electron chi connectivity index (χ3n) is 6.55. The molecule has 0 spiro atoms. The molecule has 2 aliphatic heterocycles. The minimum absolute atomic E-state index is 0.133. The maximum atomic E-state index is 14.0. The minimum atomic E-state index is -0.691. The van der Waals surface area contributed by atoms with Crippen LogP contribution in [0, 0.1) is 17.2 Å². The van der Waals surface area contributed by atoms with Crippen molar-refractivity contribution in [3.63, 3.8) is 0 Å². The van der Waals surface area contributed by atoms with Gasteiger partial charge in [0.05, 0.1) is 17.8 Å². The van der Waals surface area contributed by atoms with E-state index in [1.807, 2.05) is 12.1 Å². The van der Waals surface area contributed by atoms with Gasteiger partial charge >= 0.3 is 0 Å². The molecule has 152 valence electrons. The lowest BCUT2D eigenvalue weighted by Crippen LogP contribution is -2.50. The second-order valence-corrected chi connectivity index (χ2v) is 8.41. The first-order chi connectivity index (χ1) is 14.5. The van der Waals surface area contributed by atoms with Gasteiger partial charge in [-0.3, -0.25) is 9.59 Å². The summed E-state index contributed by atoms with van der Waals surface area (Å²) >= 11 is 0. The summed E-state index contributed by atoms with van der Waals surface area (Å²) in [6.45, 7) is 0. The fourth-order valence-electron chi connectivity index (χ4n) is 5.08. The smallest absolute Gasteiger partial charge is 0.277 e. The van der Waals surface area contributed by atoms with Crippen molar-refractivity contribution in [3.05, 3.63) is 58.9 Å². The van der Waals surface area contributed by atoms with Crippen LogP contribution in [0.1, 0.15) is 46.7 Å². The predicted octanol–water partition coefficient (Wildman–Crippen LogP) is 2.48. The number of carbonyl (C=O) groups excluding carboxylic acids is 2. The van der Waals surface area contributed by atoms with Gasteiger partial charge in [0, 0.05) is 23.9 Å². The van der Waals surface area contributed by atoms with Crippen LogP contribution in [-0.4, -0.2) is 35.7 Å². The number of hydrogen-bond acceptors (Lipinski definition) is 4. The number of carbonyl (C=O) groups is 2. The summed E-state index contributed by atoms with van der Waals surface area (Å²) in [5, 5.41) is 15.7. The van der Waals surface area contributed by atoms with Gasteiger partial charge in [-0.1, -0.05) is 24.3 Å². The number of fused-ring (bicyclic) bond motifs is 5. The normalized spacial score (nSPS) is 29.4. The molecule has 1 saturated carbocycles. The summed E-state index contributed by atoms with van der Waals surface area (Å²) in [6.07, 6.45) is 8.20. The van der Waals surface area contributed by atoms with Crippen molar-refractivity contribution in [1.82, 2.24) is 10.6 Å².